The molecule has 1 aliphatic heterocycles. The molecule has 0 saturated carbocycles. The van der Waals surface area contributed by atoms with Crippen LogP contribution in [0.3, 0.4) is 0 Å². The molecule has 25 heavy (non-hydrogen) atoms. The van der Waals surface area contributed by atoms with Crippen molar-refractivity contribution in [3.05, 3.63) is 23.0 Å². The molecule has 8 heteroatoms. The van der Waals surface area contributed by atoms with Gasteiger partial charge in [0, 0.05) is 12.6 Å². The lowest BCUT2D eigenvalue weighted by Gasteiger charge is -2.30. The molecule has 1 aliphatic rings. The van der Waals surface area contributed by atoms with Crippen LogP contribution in [-0.2, 0) is 9.47 Å². The largest absolute Gasteiger partial charge is 0.489 e. The number of ether oxygens (including phenoxy) is 3. The molecule has 1 saturated heterocycles. The van der Waals surface area contributed by atoms with Gasteiger partial charge in [-0.2, -0.15) is 0 Å². The highest BCUT2D eigenvalue weighted by molar-refractivity contribution is 6.32. The van der Waals surface area contributed by atoms with E-state index in [1.165, 1.54) is 11.0 Å². The number of nitrogens with one attached hydrogen (secondary N) is 1. The Hall–Kier alpha value is -1.57. The number of likely N-dealkylation sites (N-methyl/N-ethyl adjacent to an activating group) is 1. The molecule has 1 heterocycles. The zero-order valence-electron chi connectivity index (χ0n) is 14.9. The second-order valence-corrected chi connectivity index (χ2v) is 6.61. The first-order chi connectivity index (χ1) is 11.7. The molecule has 0 atom stereocenters. The first-order valence-electron chi connectivity index (χ1n) is 8.23. The molecule has 6 nitrogen and oxygen atoms in total. The number of hydrogen-bond donors (Lipinski definition) is 1. The quantitative estimate of drug-likeness (QED) is 0.820. The summed E-state index contributed by atoms with van der Waals surface area (Å²) in [5.41, 5.74) is 0.00177. The van der Waals surface area contributed by atoms with Gasteiger partial charge in [0.2, 0.25) is 0 Å². The number of nitrogens with zero attached hydrogens (tertiary/aromatic N) is 1. The summed E-state index contributed by atoms with van der Waals surface area (Å²) in [5.74, 6) is -1.17. The average Bonchev–Trinajstić information content (AvgIpc) is 2.96. The Morgan fingerprint density at radius 3 is 2.64 bits per heavy atom. The van der Waals surface area contributed by atoms with Gasteiger partial charge in [0.05, 0.1) is 36.6 Å². The molecule has 0 radical (unpaired) electrons. The zero-order chi connectivity index (χ0) is 18.6. The third-order valence-electron chi connectivity index (χ3n) is 3.67. The molecule has 1 fully saturated rings. The summed E-state index contributed by atoms with van der Waals surface area (Å²) in [6.07, 6.45) is -0.129. The number of rotatable bonds is 6. The first kappa shape index (κ1) is 19.8. The van der Waals surface area contributed by atoms with Crippen LogP contribution >= 0.6 is 11.6 Å². The van der Waals surface area contributed by atoms with E-state index in [-0.39, 0.29) is 23.4 Å². The summed E-state index contributed by atoms with van der Waals surface area (Å²) in [7, 11) is 0. The third kappa shape index (κ3) is 5.20. The zero-order valence-corrected chi connectivity index (χ0v) is 15.7. The van der Waals surface area contributed by atoms with E-state index in [1.54, 1.807) is 6.92 Å². The van der Waals surface area contributed by atoms with E-state index < -0.39 is 17.6 Å². The van der Waals surface area contributed by atoms with Gasteiger partial charge in [-0.3, -0.25) is 0 Å². The van der Waals surface area contributed by atoms with Gasteiger partial charge in [-0.15, -0.1) is 0 Å². The highest BCUT2D eigenvalue weighted by atomic mass is 35.5. The molecule has 0 spiro atoms. The second kappa shape index (κ2) is 8.21. The minimum Gasteiger partial charge on any atom is -0.489 e. The van der Waals surface area contributed by atoms with Gasteiger partial charge in [0.25, 0.3) is 0 Å². The Bertz CT molecular complexity index is 621. The van der Waals surface area contributed by atoms with Crippen LogP contribution in [0, 0.1) is 5.82 Å². The maximum absolute atomic E-state index is 14.2. The fraction of sp³-hybridized carbons (Fsp3) is 0.588. The molecule has 1 aromatic carbocycles. The Balaban J connectivity index is 2.12. The Labute approximate surface area is 152 Å². The molecular formula is C17H24ClFN2O4. The summed E-state index contributed by atoms with van der Waals surface area (Å²) in [6.45, 7) is 8.88. The van der Waals surface area contributed by atoms with Gasteiger partial charge in [0.1, 0.15) is 11.6 Å². The minimum absolute atomic E-state index is 0.00177. The molecule has 1 aromatic rings. The molecule has 1 N–H and O–H groups in total. The van der Waals surface area contributed by atoms with Crippen LogP contribution in [0.15, 0.2) is 12.1 Å². The van der Waals surface area contributed by atoms with Crippen molar-refractivity contribution in [1.82, 2.24) is 4.90 Å². The van der Waals surface area contributed by atoms with E-state index in [0.29, 0.717) is 25.5 Å². The fourth-order valence-corrected chi connectivity index (χ4v) is 2.68. The standard InChI is InChI=1S/C17H24ClFN2O4/c1-5-21(10-17(4)23-6-7-24-17)16(22)20-14-9-15(25-11(2)3)12(18)8-13(14)19/h8-9,11H,5-7,10H2,1-4H3,(H,20,22). The summed E-state index contributed by atoms with van der Waals surface area (Å²) >= 11 is 5.98. The summed E-state index contributed by atoms with van der Waals surface area (Å²) < 4.78 is 30.7. The first-order valence-corrected chi connectivity index (χ1v) is 8.61. The highest BCUT2D eigenvalue weighted by Gasteiger charge is 2.34. The smallest absolute Gasteiger partial charge is 0.322 e. The van der Waals surface area contributed by atoms with Crippen LogP contribution < -0.4 is 10.1 Å². The van der Waals surface area contributed by atoms with Gasteiger partial charge in [-0.25, -0.2) is 9.18 Å². The predicted molar refractivity (Wildman–Crippen MR) is 93.7 cm³/mol. The van der Waals surface area contributed by atoms with Gasteiger partial charge in [-0.05, 0) is 33.8 Å². The molecule has 2 amide bonds. The van der Waals surface area contributed by atoms with E-state index in [9.17, 15) is 9.18 Å². The molecule has 140 valence electrons. The van der Waals surface area contributed by atoms with Crippen molar-refractivity contribution in [3.63, 3.8) is 0 Å². The summed E-state index contributed by atoms with van der Waals surface area (Å²) in [6, 6.07) is 2.04. The Morgan fingerprint density at radius 2 is 2.08 bits per heavy atom. The van der Waals surface area contributed by atoms with Crippen molar-refractivity contribution in [2.75, 3.05) is 31.6 Å². The van der Waals surface area contributed by atoms with Crippen molar-refractivity contribution in [3.8, 4) is 5.75 Å². The van der Waals surface area contributed by atoms with E-state index >= 15 is 0 Å². The maximum atomic E-state index is 14.2. The van der Waals surface area contributed by atoms with Gasteiger partial charge in [-0.1, -0.05) is 11.6 Å². The van der Waals surface area contributed by atoms with Crippen molar-refractivity contribution < 1.29 is 23.4 Å². The number of urea groups is 1. The average molecular weight is 375 g/mol. The minimum atomic E-state index is -0.849. The molecule has 0 aliphatic carbocycles. The van der Waals surface area contributed by atoms with Gasteiger partial charge >= 0.3 is 6.03 Å². The highest BCUT2D eigenvalue weighted by Crippen LogP contribution is 2.31. The lowest BCUT2D eigenvalue weighted by molar-refractivity contribution is -0.150. The SMILES string of the molecule is CCN(CC1(C)OCCO1)C(=O)Nc1cc(OC(C)C)c(Cl)cc1F. The Morgan fingerprint density at radius 1 is 1.44 bits per heavy atom. The molecule has 2 rings (SSSR count). The number of anilines is 1. The normalized spacial score (nSPS) is 16.1. The maximum Gasteiger partial charge on any atom is 0.322 e. The molecule has 0 bridgehead atoms. The summed E-state index contributed by atoms with van der Waals surface area (Å²) in [5, 5.41) is 2.71. The second-order valence-electron chi connectivity index (χ2n) is 6.20. The van der Waals surface area contributed by atoms with Gasteiger partial charge in [0.15, 0.2) is 5.79 Å². The van der Waals surface area contributed by atoms with Crippen LogP contribution in [0.4, 0.5) is 14.9 Å². The van der Waals surface area contributed by atoms with Crippen molar-refractivity contribution >= 4 is 23.3 Å². The summed E-state index contributed by atoms with van der Waals surface area (Å²) in [4.78, 5) is 14.0. The van der Waals surface area contributed by atoms with Crippen LogP contribution in [0.1, 0.15) is 27.7 Å². The lowest BCUT2D eigenvalue weighted by atomic mass is 10.2. The number of benzene rings is 1. The van der Waals surface area contributed by atoms with Gasteiger partial charge < -0.3 is 24.4 Å². The van der Waals surface area contributed by atoms with Crippen LogP contribution in [0.5, 0.6) is 5.75 Å². The number of carbonyl (C=O) groups is 1. The fourth-order valence-electron chi connectivity index (χ4n) is 2.49. The number of carbonyl (C=O) groups excluding carboxylic acids is 1. The van der Waals surface area contributed by atoms with E-state index in [2.05, 4.69) is 5.32 Å². The number of hydrogen-bond acceptors (Lipinski definition) is 4. The lowest BCUT2D eigenvalue weighted by Crippen LogP contribution is -2.46. The van der Waals surface area contributed by atoms with Crippen LogP contribution in [-0.4, -0.2) is 49.1 Å². The third-order valence-corrected chi connectivity index (χ3v) is 3.97. The van der Waals surface area contributed by atoms with E-state index in [0.717, 1.165) is 6.07 Å². The van der Waals surface area contributed by atoms with E-state index in [4.69, 9.17) is 25.8 Å². The predicted octanol–water partition coefficient (Wildman–Crippen LogP) is 3.88. The molecule has 0 unspecified atom stereocenters. The van der Waals surface area contributed by atoms with E-state index in [1.807, 2.05) is 20.8 Å². The van der Waals surface area contributed by atoms with Crippen molar-refractivity contribution in [2.45, 2.75) is 39.6 Å². The topological polar surface area (TPSA) is 60.0 Å². The number of amides is 2. The Kier molecular flexibility index (Phi) is 6.48. The monoisotopic (exact) mass is 374 g/mol. The molecule has 0 aromatic heterocycles. The van der Waals surface area contributed by atoms with Crippen molar-refractivity contribution in [2.24, 2.45) is 0 Å². The number of halogens is 2. The van der Waals surface area contributed by atoms with Crippen LogP contribution in [0.2, 0.25) is 5.02 Å². The molecular weight excluding hydrogens is 351 g/mol. The van der Waals surface area contributed by atoms with Crippen LogP contribution in [0.25, 0.3) is 0 Å². The van der Waals surface area contributed by atoms with Crippen molar-refractivity contribution in [1.29, 1.82) is 0 Å².